The summed E-state index contributed by atoms with van der Waals surface area (Å²) in [5.41, 5.74) is 0.210. The second kappa shape index (κ2) is 14.2. The predicted octanol–water partition coefficient (Wildman–Crippen LogP) is 3.89. The Kier molecular flexibility index (Phi) is 11.2. The molecule has 232 valence electrons. The maximum atomic E-state index is 14.0. The number of Topliss-reactive ketones (excluding diaryl/α,β-unsaturated/α-hetero) is 1. The fourth-order valence-electron chi connectivity index (χ4n) is 6.11. The Balaban J connectivity index is 1.79. The third kappa shape index (κ3) is 8.10. The third-order valence-corrected chi connectivity index (χ3v) is 8.24. The van der Waals surface area contributed by atoms with E-state index in [1.54, 1.807) is 25.7 Å². The number of ketones is 1. The van der Waals surface area contributed by atoms with Gasteiger partial charge in [0, 0.05) is 6.54 Å². The summed E-state index contributed by atoms with van der Waals surface area (Å²) in [7, 11) is 0. The predicted molar refractivity (Wildman–Crippen MR) is 159 cm³/mol. The summed E-state index contributed by atoms with van der Waals surface area (Å²) in [6.45, 7) is 13.1. The molecule has 0 spiro atoms. The lowest BCUT2D eigenvalue weighted by Crippen LogP contribution is -2.60. The SMILES string of the molecule is CCC[C@H](NC(=O)[C@@H]1[C@H]2CCC[C@H]2CN1C(=O)[C@@H](NC(=O)OC(C)C)C(C)(C)C)C(=O)C(=O)N[C@@H](C)c1ccccc1. The van der Waals surface area contributed by atoms with Crippen LogP contribution in [-0.2, 0) is 23.9 Å². The molecular weight excluding hydrogens is 536 g/mol. The van der Waals surface area contributed by atoms with E-state index >= 15 is 0 Å². The molecule has 0 aromatic heterocycles. The highest BCUT2D eigenvalue weighted by atomic mass is 16.6. The van der Waals surface area contributed by atoms with Crippen LogP contribution in [0.4, 0.5) is 4.79 Å². The molecule has 1 aromatic rings. The van der Waals surface area contributed by atoms with Gasteiger partial charge in [0.2, 0.25) is 17.6 Å². The quantitative estimate of drug-likeness (QED) is 0.338. The number of ether oxygens (including phenoxy) is 1. The zero-order valence-corrected chi connectivity index (χ0v) is 26.1. The molecule has 1 aliphatic heterocycles. The number of alkyl carbamates (subject to hydrolysis) is 1. The van der Waals surface area contributed by atoms with E-state index in [1.807, 2.05) is 58.0 Å². The summed E-state index contributed by atoms with van der Waals surface area (Å²) in [6, 6.07) is 6.22. The normalized spacial score (nSPS) is 22.1. The number of hydrogen-bond donors (Lipinski definition) is 3. The maximum Gasteiger partial charge on any atom is 0.408 e. The van der Waals surface area contributed by atoms with Gasteiger partial charge in [0.1, 0.15) is 12.1 Å². The van der Waals surface area contributed by atoms with Gasteiger partial charge in [-0.2, -0.15) is 0 Å². The first-order chi connectivity index (χ1) is 19.7. The van der Waals surface area contributed by atoms with Crippen LogP contribution in [0.1, 0.15) is 92.2 Å². The Morgan fingerprint density at radius 2 is 1.64 bits per heavy atom. The second-order valence-electron chi connectivity index (χ2n) is 13.0. The van der Waals surface area contributed by atoms with E-state index in [4.69, 9.17) is 4.74 Å². The van der Waals surface area contributed by atoms with Gasteiger partial charge < -0.3 is 25.6 Å². The average molecular weight is 585 g/mol. The number of amides is 4. The van der Waals surface area contributed by atoms with E-state index in [9.17, 15) is 24.0 Å². The summed E-state index contributed by atoms with van der Waals surface area (Å²) in [4.78, 5) is 68.2. The van der Waals surface area contributed by atoms with Crippen LogP contribution in [0.25, 0.3) is 0 Å². The molecule has 42 heavy (non-hydrogen) atoms. The Labute approximate surface area is 249 Å². The first-order valence-electron chi connectivity index (χ1n) is 15.2. The number of rotatable bonds is 11. The minimum absolute atomic E-state index is 0.0542. The molecule has 1 saturated heterocycles. The second-order valence-corrected chi connectivity index (χ2v) is 13.0. The summed E-state index contributed by atoms with van der Waals surface area (Å²) in [5, 5.41) is 8.31. The van der Waals surface area contributed by atoms with Crippen molar-refractivity contribution in [2.75, 3.05) is 6.54 Å². The van der Waals surface area contributed by atoms with Gasteiger partial charge >= 0.3 is 6.09 Å². The van der Waals surface area contributed by atoms with Crippen LogP contribution < -0.4 is 16.0 Å². The number of benzene rings is 1. The highest BCUT2D eigenvalue weighted by Crippen LogP contribution is 2.43. The van der Waals surface area contributed by atoms with Crippen molar-refractivity contribution in [3.63, 3.8) is 0 Å². The molecule has 0 radical (unpaired) electrons. The largest absolute Gasteiger partial charge is 0.447 e. The number of carbonyl (C=O) groups is 5. The van der Waals surface area contributed by atoms with Crippen LogP contribution in [0.3, 0.4) is 0 Å². The van der Waals surface area contributed by atoms with E-state index in [-0.39, 0.29) is 29.9 Å². The van der Waals surface area contributed by atoms with Gasteiger partial charge in [-0.3, -0.25) is 19.2 Å². The van der Waals surface area contributed by atoms with Crippen LogP contribution in [-0.4, -0.2) is 65.3 Å². The highest BCUT2D eigenvalue weighted by molar-refractivity contribution is 6.38. The van der Waals surface area contributed by atoms with Crippen LogP contribution in [0.2, 0.25) is 0 Å². The van der Waals surface area contributed by atoms with E-state index in [0.29, 0.717) is 19.4 Å². The molecule has 4 amide bonds. The van der Waals surface area contributed by atoms with Gasteiger partial charge in [0.15, 0.2) is 0 Å². The van der Waals surface area contributed by atoms with Crippen LogP contribution >= 0.6 is 0 Å². The fraction of sp³-hybridized carbons (Fsp3) is 0.656. The maximum absolute atomic E-state index is 14.0. The number of nitrogens with one attached hydrogen (secondary N) is 3. The Morgan fingerprint density at radius 3 is 2.24 bits per heavy atom. The monoisotopic (exact) mass is 584 g/mol. The van der Waals surface area contributed by atoms with E-state index in [0.717, 1.165) is 24.8 Å². The minimum Gasteiger partial charge on any atom is -0.447 e. The molecule has 1 heterocycles. The molecule has 2 fully saturated rings. The Bertz CT molecular complexity index is 1130. The smallest absolute Gasteiger partial charge is 0.408 e. The molecule has 1 aromatic carbocycles. The fourth-order valence-corrected chi connectivity index (χ4v) is 6.11. The molecule has 3 N–H and O–H groups in total. The summed E-state index contributed by atoms with van der Waals surface area (Å²) in [6.07, 6.45) is 2.47. The van der Waals surface area contributed by atoms with Gasteiger partial charge in [0.25, 0.3) is 5.91 Å². The number of likely N-dealkylation sites (tertiary alicyclic amines) is 1. The molecule has 10 heteroatoms. The van der Waals surface area contributed by atoms with Crippen LogP contribution in [0.15, 0.2) is 30.3 Å². The standard InChI is InChI=1S/C32H48N4O6/c1-8-13-24(26(37)29(39)33-20(4)21-14-10-9-11-15-21)34-28(38)25-23-17-12-16-22(23)18-36(25)30(40)27(32(5,6)7)35-31(41)42-19(2)3/h9-11,14-15,19-20,22-25,27H,8,12-13,16-18H2,1-7H3,(H,33,39)(H,34,38)(H,35,41)/t20-,22-,23-,24-,25-,27+/m0/s1. The Hall–Kier alpha value is -3.43. The first-order valence-corrected chi connectivity index (χ1v) is 15.2. The van der Waals surface area contributed by atoms with Crippen molar-refractivity contribution in [2.45, 2.75) is 111 Å². The molecule has 0 bridgehead atoms. The zero-order valence-electron chi connectivity index (χ0n) is 26.1. The molecular formula is C32H48N4O6. The van der Waals surface area contributed by atoms with Gasteiger partial charge in [-0.15, -0.1) is 0 Å². The van der Waals surface area contributed by atoms with E-state index in [1.165, 1.54) is 0 Å². The molecule has 10 nitrogen and oxygen atoms in total. The number of carbonyl (C=O) groups excluding carboxylic acids is 5. The lowest BCUT2D eigenvalue weighted by atomic mass is 9.85. The van der Waals surface area contributed by atoms with Gasteiger partial charge in [-0.25, -0.2) is 4.79 Å². The van der Waals surface area contributed by atoms with Gasteiger partial charge in [-0.05, 0) is 62.8 Å². The van der Waals surface area contributed by atoms with E-state index < -0.39 is 47.2 Å². The van der Waals surface area contributed by atoms with Crippen LogP contribution in [0.5, 0.6) is 0 Å². The first kappa shape index (κ1) is 33.1. The molecule has 0 unspecified atom stereocenters. The number of hydrogen-bond acceptors (Lipinski definition) is 6. The lowest BCUT2D eigenvalue weighted by Gasteiger charge is -2.36. The summed E-state index contributed by atoms with van der Waals surface area (Å²) < 4.78 is 5.25. The Morgan fingerprint density at radius 1 is 0.976 bits per heavy atom. The average Bonchev–Trinajstić information content (AvgIpc) is 3.51. The highest BCUT2D eigenvalue weighted by Gasteiger charge is 2.52. The van der Waals surface area contributed by atoms with Crippen LogP contribution in [0, 0.1) is 17.3 Å². The topological polar surface area (TPSA) is 134 Å². The van der Waals surface area contributed by atoms with Crippen molar-refractivity contribution in [3.05, 3.63) is 35.9 Å². The third-order valence-electron chi connectivity index (χ3n) is 8.24. The van der Waals surface area contributed by atoms with Crippen molar-refractivity contribution in [1.29, 1.82) is 0 Å². The molecule has 2 aliphatic rings. The summed E-state index contributed by atoms with van der Waals surface area (Å²) in [5.74, 6) is -2.16. The summed E-state index contributed by atoms with van der Waals surface area (Å²) >= 11 is 0. The van der Waals surface area contributed by atoms with Gasteiger partial charge in [0.05, 0.1) is 18.2 Å². The number of fused-ring (bicyclic) bond motifs is 1. The van der Waals surface area contributed by atoms with Crippen molar-refractivity contribution >= 4 is 29.6 Å². The molecule has 6 atom stereocenters. The van der Waals surface area contributed by atoms with Crippen molar-refractivity contribution in [1.82, 2.24) is 20.9 Å². The zero-order chi connectivity index (χ0) is 31.2. The minimum atomic E-state index is -1.01. The molecule has 1 saturated carbocycles. The van der Waals surface area contributed by atoms with Crippen molar-refractivity contribution < 1.29 is 28.7 Å². The van der Waals surface area contributed by atoms with Gasteiger partial charge in [-0.1, -0.05) is 70.9 Å². The molecule has 1 aliphatic carbocycles. The molecule has 3 rings (SSSR count). The van der Waals surface area contributed by atoms with Crippen molar-refractivity contribution in [3.8, 4) is 0 Å². The van der Waals surface area contributed by atoms with Crippen molar-refractivity contribution in [2.24, 2.45) is 17.3 Å². The number of nitrogens with zero attached hydrogens (tertiary/aromatic N) is 1. The van der Waals surface area contributed by atoms with E-state index in [2.05, 4.69) is 16.0 Å². The lowest BCUT2D eigenvalue weighted by molar-refractivity contribution is -0.144.